The van der Waals surface area contributed by atoms with Crippen molar-refractivity contribution in [2.75, 3.05) is 13.1 Å². The molecule has 1 fully saturated rings. The Morgan fingerprint density at radius 2 is 1.86 bits per heavy atom. The summed E-state index contributed by atoms with van der Waals surface area (Å²) in [6.07, 6.45) is 2.05. The maximum atomic E-state index is 12.5. The third-order valence-electron chi connectivity index (χ3n) is 4.07. The minimum Gasteiger partial charge on any atom is -0.342 e. The molecule has 1 saturated heterocycles. The van der Waals surface area contributed by atoms with Gasteiger partial charge in [0.25, 0.3) is 0 Å². The number of nitrogens with zero attached hydrogens (tertiary/aromatic N) is 1. The van der Waals surface area contributed by atoms with Gasteiger partial charge in [0, 0.05) is 28.5 Å². The van der Waals surface area contributed by atoms with Gasteiger partial charge in [0.15, 0.2) is 0 Å². The predicted molar refractivity (Wildman–Crippen MR) is 92.4 cm³/mol. The van der Waals surface area contributed by atoms with Crippen LogP contribution in [0, 0.1) is 5.92 Å². The number of nitrogens with two attached hydrogens (primary N) is 1. The van der Waals surface area contributed by atoms with Crippen LogP contribution in [0.25, 0.3) is 0 Å². The molecule has 0 bridgehead atoms. The number of benzene rings is 1. The highest BCUT2D eigenvalue weighted by Crippen LogP contribution is 2.27. The molecule has 1 aliphatic rings. The number of hydrogen-bond donors (Lipinski definition) is 1. The predicted octanol–water partition coefficient (Wildman–Crippen LogP) is 3.52. The van der Waals surface area contributed by atoms with E-state index in [9.17, 15) is 4.79 Å². The molecule has 2 N–H and O–H groups in total. The molecule has 21 heavy (non-hydrogen) atoms. The number of carbonyl (C=O) groups is 1. The molecule has 2 rings (SSSR count). The summed E-state index contributed by atoms with van der Waals surface area (Å²) in [4.78, 5) is 15.6. The van der Waals surface area contributed by atoms with E-state index < -0.39 is 0 Å². The molecule has 0 saturated carbocycles. The summed E-state index contributed by atoms with van der Waals surface area (Å²) in [6.45, 7) is 5.74. The van der Waals surface area contributed by atoms with Crippen LogP contribution in [0.2, 0.25) is 0 Å². The van der Waals surface area contributed by atoms with Gasteiger partial charge in [-0.25, -0.2) is 0 Å². The highest BCUT2D eigenvalue weighted by molar-refractivity contribution is 9.10. The Morgan fingerprint density at radius 3 is 2.38 bits per heavy atom. The first-order chi connectivity index (χ1) is 9.97. The summed E-state index contributed by atoms with van der Waals surface area (Å²) >= 11 is 5.05. The Hall–Kier alpha value is -0.520. The van der Waals surface area contributed by atoms with Crippen molar-refractivity contribution in [3.63, 3.8) is 0 Å². The van der Waals surface area contributed by atoms with Crippen molar-refractivity contribution in [1.82, 2.24) is 4.90 Å². The maximum Gasteiger partial charge on any atom is 0.235 e. The van der Waals surface area contributed by atoms with Crippen LogP contribution in [0.4, 0.5) is 0 Å². The Morgan fingerprint density at radius 1 is 1.29 bits per heavy atom. The largest absolute Gasteiger partial charge is 0.342 e. The van der Waals surface area contributed by atoms with Crippen LogP contribution in [-0.4, -0.2) is 35.2 Å². The summed E-state index contributed by atoms with van der Waals surface area (Å²) in [5, 5.41) is -0.0435. The van der Waals surface area contributed by atoms with E-state index in [0.29, 0.717) is 5.92 Å². The maximum absolute atomic E-state index is 12.5. The van der Waals surface area contributed by atoms with Gasteiger partial charge < -0.3 is 10.6 Å². The summed E-state index contributed by atoms with van der Waals surface area (Å²) in [5.41, 5.74) is 5.95. The zero-order valence-corrected chi connectivity index (χ0v) is 15.0. The van der Waals surface area contributed by atoms with E-state index in [1.54, 1.807) is 11.8 Å². The first kappa shape index (κ1) is 16.8. The lowest BCUT2D eigenvalue weighted by Crippen LogP contribution is -2.45. The third kappa shape index (κ3) is 4.73. The molecule has 0 spiro atoms. The van der Waals surface area contributed by atoms with Gasteiger partial charge in [-0.3, -0.25) is 4.79 Å². The molecule has 0 radical (unpaired) electrons. The second-order valence-electron chi connectivity index (χ2n) is 5.74. The van der Waals surface area contributed by atoms with Crippen molar-refractivity contribution >= 4 is 33.6 Å². The lowest BCUT2D eigenvalue weighted by atomic mass is 9.91. The highest BCUT2D eigenvalue weighted by atomic mass is 79.9. The first-order valence-electron chi connectivity index (χ1n) is 7.44. The molecule has 0 aromatic heterocycles. The van der Waals surface area contributed by atoms with Gasteiger partial charge >= 0.3 is 0 Å². The molecule has 116 valence electrons. The van der Waals surface area contributed by atoms with Crippen LogP contribution in [0.1, 0.15) is 26.7 Å². The van der Waals surface area contributed by atoms with Crippen LogP contribution in [0.15, 0.2) is 33.6 Å². The molecule has 1 aliphatic heterocycles. The first-order valence-corrected chi connectivity index (χ1v) is 9.11. The van der Waals surface area contributed by atoms with Crippen molar-refractivity contribution < 1.29 is 4.79 Å². The van der Waals surface area contributed by atoms with Gasteiger partial charge in [0.2, 0.25) is 5.91 Å². The molecular weight excluding hydrogens is 348 g/mol. The SMILES string of the molecule is CC(Sc1ccc(Br)cc1)C(=O)N1CCC(C(C)N)CC1. The van der Waals surface area contributed by atoms with E-state index in [1.165, 1.54) is 0 Å². The number of thioether (sulfide) groups is 1. The number of carbonyl (C=O) groups excluding carboxylic acids is 1. The minimum absolute atomic E-state index is 0.0435. The molecular formula is C16H23BrN2OS. The summed E-state index contributed by atoms with van der Waals surface area (Å²) in [6, 6.07) is 8.33. The van der Waals surface area contributed by atoms with Crippen LogP contribution >= 0.6 is 27.7 Å². The smallest absolute Gasteiger partial charge is 0.235 e. The molecule has 1 amide bonds. The fraction of sp³-hybridized carbons (Fsp3) is 0.562. The summed E-state index contributed by atoms with van der Waals surface area (Å²) in [7, 11) is 0. The molecule has 1 aromatic carbocycles. The van der Waals surface area contributed by atoms with E-state index in [0.717, 1.165) is 35.3 Å². The van der Waals surface area contributed by atoms with E-state index in [4.69, 9.17) is 5.73 Å². The second-order valence-corrected chi connectivity index (χ2v) is 8.07. The highest BCUT2D eigenvalue weighted by Gasteiger charge is 2.27. The monoisotopic (exact) mass is 370 g/mol. The van der Waals surface area contributed by atoms with Gasteiger partial charge in [0.05, 0.1) is 5.25 Å². The number of likely N-dealkylation sites (tertiary alicyclic amines) is 1. The van der Waals surface area contributed by atoms with E-state index in [1.807, 2.05) is 36.1 Å². The Balaban J connectivity index is 1.87. The van der Waals surface area contributed by atoms with Crippen LogP contribution in [-0.2, 0) is 4.79 Å². The Labute approximate surface area is 139 Å². The van der Waals surface area contributed by atoms with Crippen molar-refractivity contribution in [1.29, 1.82) is 0 Å². The quantitative estimate of drug-likeness (QED) is 0.824. The Kier molecular flexibility index (Phi) is 6.14. The van der Waals surface area contributed by atoms with E-state index in [2.05, 4.69) is 22.9 Å². The topological polar surface area (TPSA) is 46.3 Å². The molecule has 1 heterocycles. The molecule has 3 nitrogen and oxygen atoms in total. The number of halogens is 1. The minimum atomic E-state index is -0.0435. The standard InChI is InChI=1S/C16H23BrN2OS/c1-11(18)13-7-9-19(10-8-13)16(20)12(2)21-15-5-3-14(17)4-6-15/h3-6,11-13H,7-10,18H2,1-2H3. The number of amides is 1. The van der Waals surface area contributed by atoms with Gasteiger partial charge in [0.1, 0.15) is 0 Å². The number of piperidine rings is 1. The van der Waals surface area contributed by atoms with Crippen molar-refractivity contribution in [2.24, 2.45) is 11.7 Å². The lowest BCUT2D eigenvalue weighted by molar-refractivity contribution is -0.131. The van der Waals surface area contributed by atoms with Crippen LogP contribution in [0.3, 0.4) is 0 Å². The summed E-state index contributed by atoms with van der Waals surface area (Å²) < 4.78 is 1.06. The van der Waals surface area contributed by atoms with Gasteiger partial charge in [-0.15, -0.1) is 11.8 Å². The van der Waals surface area contributed by atoms with E-state index >= 15 is 0 Å². The second kappa shape index (κ2) is 7.65. The zero-order valence-electron chi connectivity index (χ0n) is 12.6. The van der Waals surface area contributed by atoms with Crippen molar-refractivity contribution in [3.8, 4) is 0 Å². The average molecular weight is 371 g/mol. The lowest BCUT2D eigenvalue weighted by Gasteiger charge is -2.35. The molecule has 2 unspecified atom stereocenters. The summed E-state index contributed by atoms with van der Waals surface area (Å²) in [5.74, 6) is 0.800. The van der Waals surface area contributed by atoms with Crippen molar-refractivity contribution in [3.05, 3.63) is 28.7 Å². The normalized spacial score (nSPS) is 19.3. The number of hydrogen-bond acceptors (Lipinski definition) is 3. The van der Waals surface area contributed by atoms with Crippen LogP contribution < -0.4 is 5.73 Å². The molecule has 1 aromatic rings. The van der Waals surface area contributed by atoms with Gasteiger partial charge in [-0.05, 0) is 56.9 Å². The van der Waals surface area contributed by atoms with E-state index in [-0.39, 0.29) is 17.2 Å². The molecule has 0 aliphatic carbocycles. The molecule has 2 atom stereocenters. The average Bonchev–Trinajstić information content (AvgIpc) is 2.49. The Bertz CT molecular complexity index is 470. The number of rotatable bonds is 4. The van der Waals surface area contributed by atoms with Crippen molar-refractivity contribution in [2.45, 2.75) is 42.9 Å². The fourth-order valence-electron chi connectivity index (χ4n) is 2.67. The van der Waals surface area contributed by atoms with Gasteiger partial charge in [-0.2, -0.15) is 0 Å². The van der Waals surface area contributed by atoms with Gasteiger partial charge in [-0.1, -0.05) is 15.9 Å². The fourth-order valence-corrected chi connectivity index (χ4v) is 3.89. The zero-order chi connectivity index (χ0) is 15.4. The van der Waals surface area contributed by atoms with Crippen LogP contribution in [0.5, 0.6) is 0 Å². The molecule has 5 heteroatoms. The third-order valence-corrected chi connectivity index (χ3v) is 5.70.